The highest BCUT2D eigenvalue weighted by Crippen LogP contribution is 2.27. The Labute approximate surface area is 102 Å². The summed E-state index contributed by atoms with van der Waals surface area (Å²) < 4.78 is 4.43. The molecule has 0 N–H and O–H groups in total. The second-order valence-electron chi connectivity index (χ2n) is 3.08. The van der Waals surface area contributed by atoms with Crippen molar-refractivity contribution in [1.82, 2.24) is 0 Å². The molecule has 1 aromatic carbocycles. The summed E-state index contributed by atoms with van der Waals surface area (Å²) in [7, 11) is 1.20. The third-order valence-electron chi connectivity index (χ3n) is 2.04. The summed E-state index contributed by atoms with van der Waals surface area (Å²) in [4.78, 5) is 21.0. The van der Waals surface area contributed by atoms with Gasteiger partial charge in [-0.3, -0.25) is 14.9 Å². The Morgan fingerprint density at radius 1 is 1.65 bits per heavy atom. The van der Waals surface area contributed by atoms with E-state index in [0.29, 0.717) is 0 Å². The van der Waals surface area contributed by atoms with Crippen LogP contribution in [0.3, 0.4) is 0 Å². The molecule has 0 saturated heterocycles. The Hall–Kier alpha value is -2.13. The predicted octanol–water partition coefficient (Wildman–Crippen LogP) is 1.84. The number of hydrogen-bond donors (Lipinski definition) is 0. The van der Waals surface area contributed by atoms with E-state index in [1.54, 1.807) is 6.07 Å². The van der Waals surface area contributed by atoms with E-state index in [2.05, 4.69) is 4.74 Å². The highest BCUT2D eigenvalue weighted by molar-refractivity contribution is 6.31. The maximum atomic E-state index is 11.1. The van der Waals surface area contributed by atoms with Crippen molar-refractivity contribution in [3.8, 4) is 6.07 Å². The summed E-state index contributed by atoms with van der Waals surface area (Å²) in [6, 6.07) is 3.94. The first kappa shape index (κ1) is 12.9. The first-order valence-electron chi connectivity index (χ1n) is 4.43. The molecule has 0 aromatic heterocycles. The van der Waals surface area contributed by atoms with Crippen LogP contribution < -0.4 is 0 Å². The Morgan fingerprint density at radius 2 is 2.29 bits per heavy atom. The zero-order chi connectivity index (χ0) is 13.0. The second-order valence-corrected chi connectivity index (χ2v) is 3.49. The molecule has 0 spiro atoms. The highest BCUT2D eigenvalue weighted by atomic mass is 35.5. The molecule has 0 saturated carbocycles. The van der Waals surface area contributed by atoms with Crippen LogP contribution in [0, 0.1) is 21.4 Å². The molecule has 0 unspecified atom stereocenters. The van der Waals surface area contributed by atoms with Gasteiger partial charge in [0, 0.05) is 11.1 Å². The number of esters is 1. The zero-order valence-corrected chi connectivity index (χ0v) is 9.52. The van der Waals surface area contributed by atoms with Crippen LogP contribution in [0.4, 0.5) is 5.69 Å². The standard InChI is InChI=1S/C10H7ClN2O4/c1-17-10(14)4-6-3-9(13(15)16)7(5-12)2-8(6)11/h2-3H,4H2,1H3. The molecular formula is C10H7ClN2O4. The van der Waals surface area contributed by atoms with E-state index in [9.17, 15) is 14.9 Å². The molecule has 0 amide bonds. The summed E-state index contributed by atoms with van der Waals surface area (Å²) in [5.74, 6) is -0.564. The summed E-state index contributed by atoms with van der Waals surface area (Å²) >= 11 is 5.80. The number of benzene rings is 1. The second kappa shape index (κ2) is 5.27. The van der Waals surface area contributed by atoms with Crippen LogP contribution >= 0.6 is 11.6 Å². The van der Waals surface area contributed by atoms with Crippen molar-refractivity contribution in [2.75, 3.05) is 7.11 Å². The van der Waals surface area contributed by atoms with E-state index in [4.69, 9.17) is 16.9 Å². The Morgan fingerprint density at radius 3 is 2.76 bits per heavy atom. The zero-order valence-electron chi connectivity index (χ0n) is 8.77. The van der Waals surface area contributed by atoms with Gasteiger partial charge in [-0.05, 0) is 11.6 Å². The molecule has 0 aliphatic rings. The van der Waals surface area contributed by atoms with Crippen molar-refractivity contribution >= 4 is 23.3 Å². The van der Waals surface area contributed by atoms with Crippen LogP contribution in [0.2, 0.25) is 5.02 Å². The number of ether oxygens (including phenoxy) is 1. The number of rotatable bonds is 3. The maximum absolute atomic E-state index is 11.1. The van der Waals surface area contributed by atoms with Crippen LogP contribution in [0.15, 0.2) is 12.1 Å². The summed E-state index contributed by atoms with van der Waals surface area (Å²) in [6.07, 6.45) is -0.179. The van der Waals surface area contributed by atoms with Crippen LogP contribution in [0.1, 0.15) is 11.1 Å². The van der Waals surface area contributed by atoms with Gasteiger partial charge in [-0.25, -0.2) is 0 Å². The molecule has 0 aliphatic carbocycles. The Bertz CT molecular complexity index is 522. The molecule has 6 nitrogen and oxygen atoms in total. The molecule has 1 rings (SSSR count). The Kier molecular flexibility index (Phi) is 4.01. The summed E-state index contributed by atoms with van der Waals surface area (Å²) in [6.45, 7) is 0. The van der Waals surface area contributed by atoms with Crippen molar-refractivity contribution in [2.24, 2.45) is 0 Å². The number of nitro groups is 1. The number of nitriles is 1. The van der Waals surface area contributed by atoms with Gasteiger partial charge in [-0.2, -0.15) is 5.26 Å². The lowest BCUT2D eigenvalue weighted by Gasteiger charge is -2.04. The van der Waals surface area contributed by atoms with Gasteiger partial charge in [0.1, 0.15) is 11.6 Å². The number of halogens is 1. The van der Waals surface area contributed by atoms with Gasteiger partial charge >= 0.3 is 5.97 Å². The smallest absolute Gasteiger partial charge is 0.310 e. The van der Waals surface area contributed by atoms with Gasteiger partial charge < -0.3 is 4.74 Å². The number of carbonyl (C=O) groups excluding carboxylic acids is 1. The van der Waals surface area contributed by atoms with Gasteiger partial charge in [-0.15, -0.1) is 0 Å². The predicted molar refractivity (Wildman–Crippen MR) is 58.5 cm³/mol. The third kappa shape index (κ3) is 2.92. The molecule has 0 heterocycles. The van der Waals surface area contributed by atoms with Crippen LogP contribution in [-0.4, -0.2) is 18.0 Å². The third-order valence-corrected chi connectivity index (χ3v) is 2.40. The number of nitro benzene ring substituents is 1. The Balaban J connectivity index is 3.25. The molecule has 88 valence electrons. The van der Waals surface area contributed by atoms with E-state index in [1.807, 2.05) is 0 Å². The normalized spacial score (nSPS) is 9.47. The van der Waals surface area contributed by atoms with Crippen LogP contribution in [0.25, 0.3) is 0 Å². The lowest BCUT2D eigenvalue weighted by Crippen LogP contribution is -2.06. The molecule has 1 aromatic rings. The fourth-order valence-corrected chi connectivity index (χ4v) is 1.44. The highest BCUT2D eigenvalue weighted by Gasteiger charge is 2.18. The van der Waals surface area contributed by atoms with Gasteiger partial charge in [0.15, 0.2) is 0 Å². The fraction of sp³-hybridized carbons (Fsp3) is 0.200. The van der Waals surface area contributed by atoms with E-state index in [1.165, 1.54) is 7.11 Å². The lowest BCUT2D eigenvalue weighted by atomic mass is 10.1. The topological polar surface area (TPSA) is 93.2 Å². The SMILES string of the molecule is COC(=O)Cc1cc([N+](=O)[O-])c(C#N)cc1Cl. The van der Waals surface area contributed by atoms with E-state index in [0.717, 1.165) is 12.1 Å². The van der Waals surface area contributed by atoms with E-state index in [-0.39, 0.29) is 28.3 Å². The molecule has 0 radical (unpaired) electrons. The quantitative estimate of drug-likeness (QED) is 0.466. The monoisotopic (exact) mass is 254 g/mol. The van der Waals surface area contributed by atoms with E-state index >= 15 is 0 Å². The average Bonchev–Trinajstić information content (AvgIpc) is 2.30. The molecule has 0 bridgehead atoms. The van der Waals surface area contributed by atoms with Gasteiger partial charge in [0.05, 0.1) is 18.5 Å². The van der Waals surface area contributed by atoms with Crippen molar-refractivity contribution in [3.05, 3.63) is 38.4 Å². The maximum Gasteiger partial charge on any atom is 0.310 e. The van der Waals surface area contributed by atoms with Gasteiger partial charge in [0.2, 0.25) is 0 Å². The lowest BCUT2D eigenvalue weighted by molar-refractivity contribution is -0.385. The van der Waals surface area contributed by atoms with Gasteiger partial charge in [-0.1, -0.05) is 11.6 Å². The summed E-state index contributed by atoms with van der Waals surface area (Å²) in [5.41, 5.74) is -0.270. The number of nitrogens with zero attached hydrogens (tertiary/aromatic N) is 2. The molecule has 17 heavy (non-hydrogen) atoms. The van der Waals surface area contributed by atoms with Crippen molar-refractivity contribution in [3.63, 3.8) is 0 Å². The minimum atomic E-state index is -0.699. The van der Waals surface area contributed by atoms with Crippen molar-refractivity contribution in [2.45, 2.75) is 6.42 Å². The number of hydrogen-bond acceptors (Lipinski definition) is 5. The number of methoxy groups -OCH3 is 1. The summed E-state index contributed by atoms with van der Waals surface area (Å²) in [5, 5.41) is 19.5. The average molecular weight is 255 g/mol. The largest absolute Gasteiger partial charge is 0.469 e. The van der Waals surface area contributed by atoms with Crippen LogP contribution in [0.5, 0.6) is 0 Å². The van der Waals surface area contributed by atoms with E-state index < -0.39 is 10.9 Å². The number of carbonyl (C=O) groups is 1. The fourth-order valence-electron chi connectivity index (χ4n) is 1.21. The van der Waals surface area contributed by atoms with Crippen molar-refractivity contribution in [1.29, 1.82) is 5.26 Å². The molecule has 0 atom stereocenters. The first-order chi connectivity index (χ1) is 7.99. The molecule has 0 aliphatic heterocycles. The minimum absolute atomic E-state index is 0.123. The molecule has 0 fully saturated rings. The minimum Gasteiger partial charge on any atom is -0.469 e. The molecule has 7 heteroatoms. The molecular weight excluding hydrogens is 248 g/mol. The van der Waals surface area contributed by atoms with Crippen LogP contribution in [-0.2, 0) is 16.0 Å². The van der Waals surface area contributed by atoms with Gasteiger partial charge in [0.25, 0.3) is 5.69 Å². The first-order valence-corrected chi connectivity index (χ1v) is 4.81. The van der Waals surface area contributed by atoms with Crippen molar-refractivity contribution < 1.29 is 14.5 Å².